The van der Waals surface area contributed by atoms with Crippen molar-refractivity contribution in [1.29, 1.82) is 0 Å². The number of hydrogen-bond acceptors (Lipinski definition) is 7. The monoisotopic (exact) mass is 308 g/mol. The first kappa shape index (κ1) is 14.7. The number of non-ortho nitro benzene ring substituents is 1. The molecule has 0 bridgehead atoms. The number of nitrogens with one attached hydrogen (secondary N) is 1. The van der Waals surface area contributed by atoms with Crippen LogP contribution in [0.25, 0.3) is 0 Å². The van der Waals surface area contributed by atoms with Crippen LogP contribution in [0, 0.1) is 17.0 Å². The van der Waals surface area contributed by atoms with E-state index in [0.29, 0.717) is 16.3 Å². The number of anilines is 2. The van der Waals surface area contributed by atoms with Gasteiger partial charge in [-0.1, -0.05) is 11.3 Å². The van der Waals surface area contributed by atoms with Gasteiger partial charge in [-0.3, -0.25) is 14.9 Å². The van der Waals surface area contributed by atoms with E-state index in [1.807, 2.05) is 0 Å². The number of carbonyl (C=O) groups is 1. The molecule has 1 heterocycles. The number of thiazole rings is 1. The zero-order valence-corrected chi connectivity index (χ0v) is 12.1. The van der Waals surface area contributed by atoms with Crippen LogP contribution in [0.5, 0.6) is 5.75 Å². The summed E-state index contributed by atoms with van der Waals surface area (Å²) in [6.07, 6.45) is 0. The Kier molecular flexibility index (Phi) is 4.03. The van der Waals surface area contributed by atoms with Gasteiger partial charge in [-0.25, -0.2) is 4.98 Å². The zero-order chi connectivity index (χ0) is 15.6. The number of hydrogen-bond donors (Lipinski definition) is 2. The molecule has 0 unspecified atom stereocenters. The highest BCUT2D eigenvalue weighted by Crippen LogP contribution is 2.30. The lowest BCUT2D eigenvalue weighted by molar-refractivity contribution is -0.384. The van der Waals surface area contributed by atoms with Crippen LogP contribution in [-0.4, -0.2) is 22.9 Å². The van der Waals surface area contributed by atoms with Crippen LogP contribution in [0.3, 0.4) is 0 Å². The van der Waals surface area contributed by atoms with E-state index in [1.165, 1.54) is 25.3 Å². The fourth-order valence-corrected chi connectivity index (χ4v) is 2.44. The van der Waals surface area contributed by atoms with Gasteiger partial charge in [-0.05, 0) is 13.0 Å². The number of aromatic nitrogens is 1. The van der Waals surface area contributed by atoms with Crippen LogP contribution in [0.15, 0.2) is 18.2 Å². The third-order valence-corrected chi connectivity index (χ3v) is 3.65. The maximum Gasteiger partial charge on any atom is 0.271 e. The molecule has 0 aliphatic carbocycles. The van der Waals surface area contributed by atoms with Gasteiger partial charge >= 0.3 is 0 Å². The molecule has 2 aromatic rings. The minimum absolute atomic E-state index is 0.147. The summed E-state index contributed by atoms with van der Waals surface area (Å²) in [6.45, 7) is 1.66. The standard InChI is InChI=1S/C12H12N4O4S/c1-6-10(21-12(13)14-6)11(17)15-8-5-7(16(18)19)3-4-9(8)20-2/h3-5H,1-2H3,(H2,13,14)(H,15,17). The summed E-state index contributed by atoms with van der Waals surface area (Å²) in [4.78, 5) is 26.7. The molecule has 0 aliphatic rings. The van der Waals surface area contributed by atoms with Gasteiger partial charge in [0, 0.05) is 12.1 Å². The van der Waals surface area contributed by atoms with Crippen LogP contribution >= 0.6 is 11.3 Å². The molecule has 0 spiro atoms. The molecule has 9 heteroatoms. The van der Waals surface area contributed by atoms with E-state index in [0.717, 1.165) is 11.3 Å². The Balaban J connectivity index is 2.33. The molecule has 0 radical (unpaired) electrons. The van der Waals surface area contributed by atoms with E-state index >= 15 is 0 Å². The second kappa shape index (κ2) is 5.75. The maximum atomic E-state index is 12.2. The molecule has 8 nitrogen and oxygen atoms in total. The lowest BCUT2D eigenvalue weighted by Crippen LogP contribution is -2.12. The van der Waals surface area contributed by atoms with Crippen molar-refractivity contribution >= 4 is 33.8 Å². The third-order valence-electron chi connectivity index (χ3n) is 2.66. The van der Waals surface area contributed by atoms with Gasteiger partial charge in [0.2, 0.25) is 0 Å². The van der Waals surface area contributed by atoms with Crippen LogP contribution in [0.2, 0.25) is 0 Å². The zero-order valence-electron chi connectivity index (χ0n) is 11.2. The highest BCUT2D eigenvalue weighted by Gasteiger charge is 2.18. The molecule has 0 atom stereocenters. The Labute approximate surface area is 123 Å². The molecule has 1 aromatic heterocycles. The predicted molar refractivity (Wildman–Crippen MR) is 78.9 cm³/mol. The van der Waals surface area contributed by atoms with Crippen LogP contribution in [-0.2, 0) is 0 Å². The van der Waals surface area contributed by atoms with E-state index in [9.17, 15) is 14.9 Å². The molecule has 3 N–H and O–H groups in total. The number of methoxy groups -OCH3 is 1. The largest absolute Gasteiger partial charge is 0.495 e. The van der Waals surface area contributed by atoms with Crippen molar-refractivity contribution in [3.8, 4) is 5.75 Å². The van der Waals surface area contributed by atoms with Gasteiger partial charge in [0.15, 0.2) is 5.13 Å². The van der Waals surface area contributed by atoms with Crippen molar-refractivity contribution in [2.75, 3.05) is 18.2 Å². The number of nitrogen functional groups attached to an aromatic ring is 1. The van der Waals surface area contributed by atoms with Crippen molar-refractivity contribution in [2.45, 2.75) is 6.92 Å². The molecule has 0 aliphatic heterocycles. The maximum absolute atomic E-state index is 12.2. The number of nitrogens with zero attached hydrogens (tertiary/aromatic N) is 2. The lowest BCUT2D eigenvalue weighted by Gasteiger charge is -2.09. The number of nitro benzene ring substituents is 1. The average Bonchev–Trinajstić information content (AvgIpc) is 2.77. The number of amides is 1. The highest BCUT2D eigenvalue weighted by molar-refractivity contribution is 7.17. The Morgan fingerprint density at radius 2 is 2.24 bits per heavy atom. The highest BCUT2D eigenvalue weighted by atomic mass is 32.1. The predicted octanol–water partition coefficient (Wildman–Crippen LogP) is 2.20. The number of benzene rings is 1. The van der Waals surface area contributed by atoms with Crippen molar-refractivity contribution in [2.24, 2.45) is 0 Å². The second-order valence-corrected chi connectivity index (χ2v) is 5.09. The van der Waals surface area contributed by atoms with Gasteiger partial charge in [0.25, 0.3) is 11.6 Å². The summed E-state index contributed by atoms with van der Waals surface area (Å²) in [7, 11) is 1.41. The lowest BCUT2D eigenvalue weighted by atomic mass is 10.2. The third kappa shape index (κ3) is 3.08. The molecule has 21 heavy (non-hydrogen) atoms. The van der Waals surface area contributed by atoms with Crippen LogP contribution < -0.4 is 15.8 Å². The summed E-state index contributed by atoms with van der Waals surface area (Å²) in [5, 5.41) is 13.6. The number of nitro groups is 1. The Morgan fingerprint density at radius 1 is 1.52 bits per heavy atom. The van der Waals surface area contributed by atoms with E-state index < -0.39 is 10.8 Å². The SMILES string of the molecule is COc1ccc([N+](=O)[O-])cc1NC(=O)c1sc(N)nc1C. The number of ether oxygens (including phenoxy) is 1. The first-order chi connectivity index (χ1) is 9.92. The number of rotatable bonds is 4. The topological polar surface area (TPSA) is 120 Å². The molecule has 2 rings (SSSR count). The Morgan fingerprint density at radius 3 is 2.76 bits per heavy atom. The van der Waals surface area contributed by atoms with Crippen molar-refractivity contribution in [3.05, 3.63) is 38.9 Å². The quantitative estimate of drug-likeness (QED) is 0.660. The minimum atomic E-state index is -0.551. The summed E-state index contributed by atoms with van der Waals surface area (Å²) in [5.74, 6) is -0.121. The van der Waals surface area contributed by atoms with E-state index in [-0.39, 0.29) is 16.5 Å². The molecular formula is C12H12N4O4S. The summed E-state index contributed by atoms with van der Waals surface area (Å²) in [5.41, 5.74) is 6.11. The molecule has 0 saturated carbocycles. The summed E-state index contributed by atoms with van der Waals surface area (Å²) >= 11 is 1.05. The van der Waals surface area contributed by atoms with Gasteiger partial charge in [-0.2, -0.15) is 0 Å². The average molecular weight is 308 g/mol. The van der Waals surface area contributed by atoms with E-state index in [2.05, 4.69) is 10.3 Å². The van der Waals surface area contributed by atoms with Gasteiger partial charge in [0.1, 0.15) is 10.6 Å². The normalized spacial score (nSPS) is 10.2. The molecule has 110 valence electrons. The Bertz CT molecular complexity index is 713. The van der Waals surface area contributed by atoms with Crippen LogP contribution in [0.1, 0.15) is 15.4 Å². The van der Waals surface area contributed by atoms with Gasteiger partial charge < -0.3 is 15.8 Å². The molecule has 0 fully saturated rings. The smallest absolute Gasteiger partial charge is 0.271 e. The minimum Gasteiger partial charge on any atom is -0.495 e. The number of carbonyl (C=O) groups excluding carboxylic acids is 1. The van der Waals surface area contributed by atoms with Gasteiger partial charge in [-0.15, -0.1) is 0 Å². The molecular weight excluding hydrogens is 296 g/mol. The fourth-order valence-electron chi connectivity index (χ4n) is 1.71. The summed E-state index contributed by atoms with van der Waals surface area (Å²) in [6, 6.07) is 3.95. The van der Waals surface area contributed by atoms with E-state index in [1.54, 1.807) is 6.92 Å². The van der Waals surface area contributed by atoms with Crippen molar-refractivity contribution in [3.63, 3.8) is 0 Å². The second-order valence-electron chi connectivity index (χ2n) is 4.06. The number of aryl methyl sites for hydroxylation is 1. The van der Waals surface area contributed by atoms with Crippen LogP contribution in [0.4, 0.5) is 16.5 Å². The van der Waals surface area contributed by atoms with E-state index in [4.69, 9.17) is 10.5 Å². The molecule has 1 aromatic carbocycles. The Hall–Kier alpha value is -2.68. The van der Waals surface area contributed by atoms with Crippen molar-refractivity contribution < 1.29 is 14.5 Å². The first-order valence-electron chi connectivity index (χ1n) is 5.79. The first-order valence-corrected chi connectivity index (χ1v) is 6.60. The fraction of sp³-hybridized carbons (Fsp3) is 0.167. The summed E-state index contributed by atoms with van der Waals surface area (Å²) < 4.78 is 5.08. The molecule has 0 saturated heterocycles. The number of nitrogens with two attached hydrogens (primary N) is 1. The molecule has 1 amide bonds. The van der Waals surface area contributed by atoms with Gasteiger partial charge in [0.05, 0.1) is 23.4 Å². The van der Waals surface area contributed by atoms with Crippen molar-refractivity contribution in [1.82, 2.24) is 4.98 Å².